The molecule has 35 heavy (non-hydrogen) atoms. The number of aliphatic imine (C=N–C) groups is 1. The zero-order valence-corrected chi connectivity index (χ0v) is 20.0. The first kappa shape index (κ1) is 23.9. The second kappa shape index (κ2) is 10.3. The highest BCUT2D eigenvalue weighted by molar-refractivity contribution is 6.21. The number of carbonyl (C=O) groups is 3. The molecule has 1 aliphatic heterocycles. The molecule has 7 nitrogen and oxygen atoms in total. The van der Waals surface area contributed by atoms with Crippen LogP contribution in [0.15, 0.2) is 83.9 Å². The molecule has 0 fully saturated rings. The summed E-state index contributed by atoms with van der Waals surface area (Å²) in [5.74, 6) is -0.806. The zero-order chi connectivity index (χ0) is 24.9. The Morgan fingerprint density at radius 2 is 1.69 bits per heavy atom. The van der Waals surface area contributed by atoms with Crippen LogP contribution in [0.25, 0.3) is 0 Å². The van der Waals surface area contributed by atoms with E-state index in [0.717, 1.165) is 11.1 Å². The Bertz CT molecular complexity index is 1280. The molecule has 3 aromatic rings. The highest BCUT2D eigenvalue weighted by Crippen LogP contribution is 2.28. The maximum absolute atomic E-state index is 13.7. The van der Waals surface area contributed by atoms with E-state index in [9.17, 15) is 14.4 Å². The summed E-state index contributed by atoms with van der Waals surface area (Å²) in [4.78, 5) is 45.4. The molecule has 0 unspecified atom stereocenters. The fourth-order valence-electron chi connectivity index (χ4n) is 3.87. The minimum absolute atomic E-state index is 0.0840. The lowest BCUT2D eigenvalue weighted by Crippen LogP contribution is -2.50. The molecule has 7 heteroatoms. The van der Waals surface area contributed by atoms with Crippen molar-refractivity contribution in [2.24, 2.45) is 10.9 Å². The Labute approximate surface area is 204 Å². The van der Waals surface area contributed by atoms with Crippen LogP contribution in [0.1, 0.15) is 30.5 Å². The molecular formula is C28H28N4O3. The van der Waals surface area contributed by atoms with Crippen LogP contribution >= 0.6 is 0 Å². The summed E-state index contributed by atoms with van der Waals surface area (Å²) < 4.78 is 0. The average Bonchev–Trinajstić information content (AvgIpc) is 2.95. The second-order valence-electron chi connectivity index (χ2n) is 8.78. The molecular weight excluding hydrogens is 440 g/mol. The van der Waals surface area contributed by atoms with E-state index in [-0.39, 0.29) is 18.2 Å². The lowest BCUT2D eigenvalue weighted by Gasteiger charge is -2.25. The molecule has 1 aliphatic rings. The molecule has 3 amide bonds. The number of fused-ring (bicyclic) bond motifs is 1. The fourth-order valence-corrected chi connectivity index (χ4v) is 3.87. The van der Waals surface area contributed by atoms with Gasteiger partial charge in [-0.2, -0.15) is 0 Å². The molecule has 2 N–H and O–H groups in total. The Morgan fingerprint density at radius 1 is 0.971 bits per heavy atom. The summed E-state index contributed by atoms with van der Waals surface area (Å²) in [5, 5.41) is 5.47. The molecule has 0 saturated carbocycles. The summed E-state index contributed by atoms with van der Waals surface area (Å²) in [6.45, 7) is 5.42. The van der Waals surface area contributed by atoms with Gasteiger partial charge in [-0.1, -0.05) is 74.5 Å². The fraction of sp³-hybridized carbons (Fsp3) is 0.214. The number of anilines is 2. The molecule has 0 spiro atoms. The first-order chi connectivity index (χ1) is 16.8. The molecule has 178 valence electrons. The van der Waals surface area contributed by atoms with Crippen LogP contribution in [-0.2, 0) is 9.59 Å². The number of hydrogen-bond donors (Lipinski definition) is 2. The van der Waals surface area contributed by atoms with E-state index in [4.69, 9.17) is 4.99 Å². The number of urea groups is 1. The van der Waals surface area contributed by atoms with Crippen molar-refractivity contribution in [3.05, 3.63) is 95.6 Å². The number of rotatable bonds is 6. The van der Waals surface area contributed by atoms with Gasteiger partial charge in [-0.05, 0) is 30.7 Å². The van der Waals surface area contributed by atoms with Gasteiger partial charge >= 0.3 is 6.03 Å². The van der Waals surface area contributed by atoms with Crippen LogP contribution in [0.3, 0.4) is 0 Å². The van der Waals surface area contributed by atoms with Crippen LogP contribution in [0.4, 0.5) is 16.2 Å². The van der Waals surface area contributed by atoms with E-state index in [2.05, 4.69) is 10.6 Å². The van der Waals surface area contributed by atoms with Gasteiger partial charge in [0.1, 0.15) is 0 Å². The van der Waals surface area contributed by atoms with E-state index < -0.39 is 18.1 Å². The summed E-state index contributed by atoms with van der Waals surface area (Å²) in [7, 11) is 0. The summed E-state index contributed by atoms with van der Waals surface area (Å²) in [6, 6.07) is 23.6. The molecule has 0 saturated heterocycles. The number of benzene rings is 3. The van der Waals surface area contributed by atoms with Crippen molar-refractivity contribution >= 4 is 34.8 Å². The number of ketones is 1. The van der Waals surface area contributed by atoms with Gasteiger partial charge in [-0.25, -0.2) is 9.79 Å². The summed E-state index contributed by atoms with van der Waals surface area (Å²) in [5.41, 5.74) is 4.26. The number of hydrogen-bond acceptors (Lipinski definition) is 4. The predicted molar refractivity (Wildman–Crippen MR) is 138 cm³/mol. The van der Waals surface area contributed by atoms with E-state index in [1.165, 1.54) is 4.90 Å². The topological polar surface area (TPSA) is 90.9 Å². The van der Waals surface area contributed by atoms with Crippen molar-refractivity contribution in [1.29, 1.82) is 0 Å². The van der Waals surface area contributed by atoms with Gasteiger partial charge in [-0.3, -0.25) is 9.59 Å². The van der Waals surface area contributed by atoms with Crippen LogP contribution < -0.4 is 15.5 Å². The third-order valence-electron chi connectivity index (χ3n) is 5.76. The minimum Gasteiger partial charge on any atom is -0.308 e. The third-order valence-corrected chi connectivity index (χ3v) is 5.76. The Morgan fingerprint density at radius 3 is 2.40 bits per heavy atom. The van der Waals surface area contributed by atoms with Crippen molar-refractivity contribution in [2.45, 2.75) is 26.9 Å². The van der Waals surface area contributed by atoms with Crippen molar-refractivity contribution in [3.8, 4) is 0 Å². The number of nitrogens with one attached hydrogen (secondary N) is 2. The Hall–Kier alpha value is -4.26. The largest absolute Gasteiger partial charge is 0.321 e. The normalized spacial score (nSPS) is 15.2. The van der Waals surface area contributed by atoms with Gasteiger partial charge in [0.25, 0.3) is 5.91 Å². The zero-order valence-electron chi connectivity index (χ0n) is 20.0. The average molecular weight is 469 g/mol. The quantitative estimate of drug-likeness (QED) is 0.556. The summed E-state index contributed by atoms with van der Waals surface area (Å²) in [6.07, 6.45) is -1.22. The monoisotopic (exact) mass is 468 g/mol. The summed E-state index contributed by atoms with van der Waals surface area (Å²) >= 11 is 0. The number of Topliss-reactive ketones (excluding diaryl/α,β-unsaturated/α-hetero) is 1. The highest BCUT2D eigenvalue weighted by atomic mass is 16.2. The minimum atomic E-state index is -1.22. The lowest BCUT2D eigenvalue weighted by molar-refractivity contribution is -0.125. The van der Waals surface area contributed by atoms with Gasteiger partial charge in [0, 0.05) is 22.7 Å². The molecule has 0 radical (unpaired) electrons. The second-order valence-corrected chi connectivity index (χ2v) is 8.78. The molecule has 1 atom stereocenters. The SMILES string of the molecule is Cc1cccc(NC(=O)N[C@@H]2N=C(c3ccccc3)c3ccccc3N(CC(=O)C(C)C)C2=O)c1. The van der Waals surface area contributed by atoms with Gasteiger partial charge < -0.3 is 15.5 Å². The molecule has 0 aromatic heterocycles. The standard InChI is InChI=1S/C28H28N4O3/c1-18(2)24(33)17-32-23-15-8-7-14-22(23)25(20-11-5-4-6-12-20)30-26(27(32)34)31-28(35)29-21-13-9-10-19(3)16-21/h4-16,18,26H,17H2,1-3H3,(H2,29,31,35)/t26-/m0/s1. The number of para-hydroxylation sites is 1. The van der Waals surface area contributed by atoms with Crippen molar-refractivity contribution in [1.82, 2.24) is 5.32 Å². The van der Waals surface area contributed by atoms with E-state index in [1.807, 2.05) is 73.7 Å². The van der Waals surface area contributed by atoms with Gasteiger partial charge in [0.15, 0.2) is 5.78 Å². The first-order valence-electron chi connectivity index (χ1n) is 11.5. The predicted octanol–water partition coefficient (Wildman–Crippen LogP) is 4.55. The third kappa shape index (κ3) is 5.46. The van der Waals surface area contributed by atoms with Crippen LogP contribution in [0.2, 0.25) is 0 Å². The molecule has 0 aliphatic carbocycles. The van der Waals surface area contributed by atoms with Crippen molar-refractivity contribution < 1.29 is 14.4 Å². The maximum atomic E-state index is 13.7. The van der Waals surface area contributed by atoms with Crippen LogP contribution in [0, 0.1) is 12.8 Å². The first-order valence-corrected chi connectivity index (χ1v) is 11.5. The molecule has 0 bridgehead atoms. The molecule has 1 heterocycles. The molecule has 3 aromatic carbocycles. The Kier molecular flexibility index (Phi) is 7.06. The number of benzodiazepines with no additional fused rings is 1. The number of carbonyl (C=O) groups excluding carboxylic acids is 3. The number of nitrogens with zero attached hydrogens (tertiary/aromatic N) is 2. The number of aryl methyl sites for hydroxylation is 1. The van der Waals surface area contributed by atoms with Crippen molar-refractivity contribution in [3.63, 3.8) is 0 Å². The van der Waals surface area contributed by atoms with E-state index in [0.29, 0.717) is 22.6 Å². The van der Waals surface area contributed by atoms with Crippen LogP contribution in [0.5, 0.6) is 0 Å². The highest BCUT2D eigenvalue weighted by Gasteiger charge is 2.34. The van der Waals surface area contributed by atoms with Gasteiger partial charge in [0.2, 0.25) is 6.17 Å². The Balaban J connectivity index is 1.75. The van der Waals surface area contributed by atoms with E-state index in [1.54, 1.807) is 26.0 Å². The van der Waals surface area contributed by atoms with Crippen LogP contribution in [-0.4, -0.2) is 36.1 Å². The van der Waals surface area contributed by atoms with Crippen molar-refractivity contribution in [2.75, 3.05) is 16.8 Å². The smallest absolute Gasteiger partial charge is 0.308 e. The number of amides is 3. The van der Waals surface area contributed by atoms with Gasteiger partial charge in [-0.15, -0.1) is 0 Å². The lowest BCUT2D eigenvalue weighted by atomic mass is 10.00. The molecule has 4 rings (SSSR count). The van der Waals surface area contributed by atoms with Gasteiger partial charge in [0.05, 0.1) is 17.9 Å². The maximum Gasteiger partial charge on any atom is 0.321 e. The van der Waals surface area contributed by atoms with E-state index >= 15 is 0 Å².